The molecule has 2 amide bonds. The molecule has 0 bridgehead atoms. The molecule has 0 saturated heterocycles. The number of hydrogen-bond donors (Lipinski definition) is 1. The molecule has 0 spiro atoms. The zero-order chi connectivity index (χ0) is 20.3. The van der Waals surface area contributed by atoms with Crippen LogP contribution in [0.2, 0.25) is 5.02 Å². The molecule has 0 aliphatic rings. The number of carbonyl (C=O) groups is 2. The summed E-state index contributed by atoms with van der Waals surface area (Å²) in [6.07, 6.45) is 0.236. The Morgan fingerprint density at radius 1 is 1.18 bits per heavy atom. The summed E-state index contributed by atoms with van der Waals surface area (Å²) in [7, 11) is 1.50. The normalized spacial score (nSPS) is 10.7. The van der Waals surface area contributed by atoms with Gasteiger partial charge in [-0.3, -0.25) is 23.9 Å². The molecule has 1 N–H and O–H groups in total. The average Bonchev–Trinajstić information content (AvgIpc) is 2.68. The third-order valence-electron chi connectivity index (χ3n) is 4.24. The van der Waals surface area contributed by atoms with E-state index in [1.54, 1.807) is 55.5 Å². The van der Waals surface area contributed by atoms with E-state index in [9.17, 15) is 14.4 Å². The molecule has 8 heteroatoms. The SMILES string of the molecule is CCC(=O)N(C)c1nc2ccccc2n(CC(=O)Nc2cccc(Cl)c2)c1=O. The molecule has 0 atom stereocenters. The maximum atomic E-state index is 13.0. The Labute approximate surface area is 166 Å². The number of amides is 2. The lowest BCUT2D eigenvalue weighted by Gasteiger charge is -2.18. The first-order valence-electron chi connectivity index (χ1n) is 8.72. The number of para-hydroxylation sites is 2. The van der Waals surface area contributed by atoms with Crippen molar-refractivity contribution in [3.05, 3.63) is 63.9 Å². The van der Waals surface area contributed by atoms with Crippen molar-refractivity contribution in [2.75, 3.05) is 17.3 Å². The van der Waals surface area contributed by atoms with Crippen LogP contribution in [-0.2, 0) is 16.1 Å². The van der Waals surface area contributed by atoms with E-state index in [0.29, 0.717) is 21.7 Å². The fourth-order valence-electron chi connectivity index (χ4n) is 2.82. The van der Waals surface area contributed by atoms with E-state index in [1.165, 1.54) is 16.5 Å². The van der Waals surface area contributed by atoms with Gasteiger partial charge in [-0.1, -0.05) is 36.7 Å². The van der Waals surface area contributed by atoms with Gasteiger partial charge in [0.1, 0.15) is 6.54 Å². The van der Waals surface area contributed by atoms with Crippen LogP contribution in [0.5, 0.6) is 0 Å². The van der Waals surface area contributed by atoms with Crippen molar-refractivity contribution in [3.63, 3.8) is 0 Å². The summed E-state index contributed by atoms with van der Waals surface area (Å²) in [5.41, 5.74) is 1.05. The lowest BCUT2D eigenvalue weighted by molar-refractivity contribution is -0.118. The van der Waals surface area contributed by atoms with Crippen LogP contribution < -0.4 is 15.8 Å². The molecule has 3 rings (SSSR count). The molecule has 144 valence electrons. The van der Waals surface area contributed by atoms with Gasteiger partial charge in [0.2, 0.25) is 17.6 Å². The van der Waals surface area contributed by atoms with Gasteiger partial charge >= 0.3 is 0 Å². The van der Waals surface area contributed by atoms with Gasteiger partial charge in [0, 0.05) is 24.2 Å². The van der Waals surface area contributed by atoms with Crippen LogP contribution in [0.15, 0.2) is 53.3 Å². The second-order valence-electron chi connectivity index (χ2n) is 6.18. The first-order valence-corrected chi connectivity index (χ1v) is 9.10. The molecular formula is C20H19ClN4O3. The molecule has 0 aliphatic heterocycles. The molecular weight excluding hydrogens is 380 g/mol. The molecule has 0 unspecified atom stereocenters. The van der Waals surface area contributed by atoms with Crippen LogP contribution in [0.3, 0.4) is 0 Å². The zero-order valence-corrected chi connectivity index (χ0v) is 16.2. The molecule has 2 aromatic carbocycles. The minimum absolute atomic E-state index is 0.0129. The van der Waals surface area contributed by atoms with E-state index in [1.807, 2.05) is 0 Å². The number of fused-ring (bicyclic) bond motifs is 1. The molecule has 0 fully saturated rings. The van der Waals surface area contributed by atoms with Gasteiger partial charge in [-0.25, -0.2) is 4.98 Å². The van der Waals surface area contributed by atoms with Crippen LogP contribution in [0.25, 0.3) is 11.0 Å². The number of aromatic nitrogens is 2. The molecule has 1 aromatic heterocycles. The van der Waals surface area contributed by atoms with Crippen molar-refractivity contribution >= 4 is 46.0 Å². The number of nitrogens with zero attached hydrogens (tertiary/aromatic N) is 3. The van der Waals surface area contributed by atoms with Gasteiger partial charge in [0.05, 0.1) is 11.0 Å². The van der Waals surface area contributed by atoms with Gasteiger partial charge < -0.3 is 5.32 Å². The average molecular weight is 399 g/mol. The van der Waals surface area contributed by atoms with Gasteiger partial charge in [-0.05, 0) is 30.3 Å². The molecule has 3 aromatic rings. The second-order valence-corrected chi connectivity index (χ2v) is 6.62. The van der Waals surface area contributed by atoms with Gasteiger partial charge in [-0.2, -0.15) is 0 Å². The minimum Gasteiger partial charge on any atom is -0.324 e. The summed E-state index contributed by atoms with van der Waals surface area (Å²) in [6, 6.07) is 13.7. The summed E-state index contributed by atoms with van der Waals surface area (Å²) in [6.45, 7) is 1.48. The number of halogens is 1. The number of nitrogens with one attached hydrogen (secondary N) is 1. The van der Waals surface area contributed by atoms with Crippen LogP contribution in [0.1, 0.15) is 13.3 Å². The van der Waals surface area contributed by atoms with Gasteiger partial charge in [-0.15, -0.1) is 0 Å². The summed E-state index contributed by atoms with van der Waals surface area (Å²) >= 11 is 5.94. The highest BCUT2D eigenvalue weighted by molar-refractivity contribution is 6.30. The highest BCUT2D eigenvalue weighted by Gasteiger charge is 2.19. The number of hydrogen-bond acceptors (Lipinski definition) is 4. The Hall–Kier alpha value is -3.19. The Morgan fingerprint density at radius 3 is 2.64 bits per heavy atom. The summed E-state index contributed by atoms with van der Waals surface area (Å²) in [5, 5.41) is 3.21. The summed E-state index contributed by atoms with van der Waals surface area (Å²) < 4.78 is 1.32. The summed E-state index contributed by atoms with van der Waals surface area (Å²) in [5.74, 6) is -0.646. The van der Waals surface area contributed by atoms with Crippen molar-refractivity contribution in [2.45, 2.75) is 19.9 Å². The van der Waals surface area contributed by atoms with Crippen molar-refractivity contribution in [1.29, 1.82) is 0 Å². The monoisotopic (exact) mass is 398 g/mol. The molecule has 28 heavy (non-hydrogen) atoms. The molecule has 0 aliphatic carbocycles. The number of anilines is 2. The maximum absolute atomic E-state index is 13.0. The number of carbonyl (C=O) groups excluding carboxylic acids is 2. The standard InChI is InChI=1S/C20H19ClN4O3/c1-3-18(27)24(2)19-20(28)25(16-10-5-4-9-15(16)23-19)12-17(26)22-14-8-6-7-13(21)11-14/h4-11H,3,12H2,1-2H3,(H,22,26). The maximum Gasteiger partial charge on any atom is 0.294 e. The Morgan fingerprint density at radius 2 is 1.93 bits per heavy atom. The quantitative estimate of drug-likeness (QED) is 0.715. The second kappa shape index (κ2) is 8.22. The number of rotatable bonds is 5. The molecule has 0 saturated carbocycles. The molecule has 7 nitrogen and oxygen atoms in total. The van der Waals surface area contributed by atoms with Gasteiger partial charge in [0.25, 0.3) is 5.56 Å². The van der Waals surface area contributed by atoms with Crippen LogP contribution >= 0.6 is 11.6 Å². The van der Waals surface area contributed by atoms with E-state index in [4.69, 9.17) is 11.6 Å². The minimum atomic E-state index is -0.510. The van der Waals surface area contributed by atoms with Crippen molar-refractivity contribution < 1.29 is 9.59 Å². The van der Waals surface area contributed by atoms with Crippen LogP contribution in [0.4, 0.5) is 11.5 Å². The lowest BCUT2D eigenvalue weighted by Crippen LogP contribution is -2.36. The fourth-order valence-corrected chi connectivity index (χ4v) is 3.01. The zero-order valence-electron chi connectivity index (χ0n) is 15.5. The predicted molar refractivity (Wildman–Crippen MR) is 110 cm³/mol. The first-order chi connectivity index (χ1) is 13.4. The Kier molecular flexibility index (Phi) is 5.75. The van der Waals surface area contributed by atoms with E-state index in [2.05, 4.69) is 10.3 Å². The third-order valence-corrected chi connectivity index (χ3v) is 4.47. The predicted octanol–water partition coefficient (Wildman–Crippen LogP) is 3.06. The first kappa shape index (κ1) is 19.6. The largest absolute Gasteiger partial charge is 0.324 e. The third kappa shape index (κ3) is 4.04. The van der Waals surface area contributed by atoms with Crippen LogP contribution in [0, 0.1) is 0 Å². The van der Waals surface area contributed by atoms with Gasteiger partial charge in [0.15, 0.2) is 0 Å². The highest BCUT2D eigenvalue weighted by atomic mass is 35.5. The fraction of sp³-hybridized carbons (Fsp3) is 0.200. The smallest absolute Gasteiger partial charge is 0.294 e. The van der Waals surface area contributed by atoms with E-state index < -0.39 is 11.5 Å². The number of benzene rings is 2. The van der Waals surface area contributed by atoms with Crippen LogP contribution in [-0.4, -0.2) is 28.4 Å². The van der Waals surface area contributed by atoms with E-state index in [-0.39, 0.29) is 24.7 Å². The highest BCUT2D eigenvalue weighted by Crippen LogP contribution is 2.16. The van der Waals surface area contributed by atoms with E-state index >= 15 is 0 Å². The van der Waals surface area contributed by atoms with Crippen molar-refractivity contribution in [2.24, 2.45) is 0 Å². The molecule has 1 heterocycles. The van der Waals surface area contributed by atoms with E-state index in [0.717, 1.165) is 0 Å². The van der Waals surface area contributed by atoms with Crippen molar-refractivity contribution in [3.8, 4) is 0 Å². The Balaban J connectivity index is 2.01. The topological polar surface area (TPSA) is 84.3 Å². The lowest BCUT2D eigenvalue weighted by atomic mass is 10.2. The van der Waals surface area contributed by atoms with Crippen molar-refractivity contribution in [1.82, 2.24) is 9.55 Å². The summed E-state index contributed by atoms with van der Waals surface area (Å²) in [4.78, 5) is 43.1. The Bertz CT molecular complexity index is 1110. The molecule has 0 radical (unpaired) electrons.